The van der Waals surface area contributed by atoms with Gasteiger partial charge in [-0.1, -0.05) is 67.5 Å². The summed E-state index contributed by atoms with van der Waals surface area (Å²) in [5.41, 5.74) is -0.514. The van der Waals surface area contributed by atoms with Crippen LogP contribution in [0.2, 0.25) is 0 Å². The zero-order valence-electron chi connectivity index (χ0n) is 24.2. The topological polar surface area (TPSA) is 25.8 Å². The van der Waals surface area contributed by atoms with Gasteiger partial charge in [0, 0.05) is 33.8 Å². The molecule has 0 fully saturated rings. The summed E-state index contributed by atoms with van der Waals surface area (Å²) in [4.78, 5) is 9.81. The molecular weight excluding hydrogens is 512 g/mol. The predicted molar refractivity (Wildman–Crippen MR) is 150 cm³/mol. The van der Waals surface area contributed by atoms with E-state index in [4.69, 9.17) is 9.97 Å². The van der Waals surface area contributed by atoms with Crippen LogP contribution in [0, 0.1) is 23.3 Å². The number of halogens is 4. The molecule has 40 heavy (non-hydrogen) atoms. The maximum absolute atomic E-state index is 15.5. The molecule has 3 heterocycles. The highest BCUT2D eigenvalue weighted by Gasteiger charge is 2.38. The third kappa shape index (κ3) is 4.15. The first-order valence-corrected chi connectivity index (χ1v) is 13.4. The molecule has 0 saturated carbocycles. The fraction of sp³-hybridized carbons (Fsp3) is 0.353. The van der Waals surface area contributed by atoms with Crippen LogP contribution in [0.15, 0.2) is 60.7 Å². The number of rotatable bonds is 0. The highest BCUT2D eigenvalue weighted by Crippen LogP contribution is 2.43. The van der Waals surface area contributed by atoms with E-state index in [-0.39, 0.29) is 0 Å². The second-order valence-electron chi connectivity index (χ2n) is 12.9. The lowest BCUT2D eigenvalue weighted by Gasteiger charge is -2.34. The van der Waals surface area contributed by atoms with E-state index in [9.17, 15) is 0 Å². The Labute approximate surface area is 233 Å². The van der Waals surface area contributed by atoms with Crippen molar-refractivity contribution in [2.75, 3.05) is 0 Å². The standard InChI is InChI=1S/C34H34F4N2/c1-31(2)19-15-20(24(36)17-23(19)35)32(3,4)29-13-10-14-30(40-29)34(7,8)22-16-21(25(37)18-26(22)38)33(5,6)28-12-9-11-27(31)39-28/h9-18H,1-8H3. The Kier molecular flexibility index (Phi) is 6.29. The molecule has 1 aliphatic rings. The first-order valence-electron chi connectivity index (χ1n) is 13.4. The lowest BCUT2D eigenvalue weighted by Crippen LogP contribution is -2.31. The zero-order valence-corrected chi connectivity index (χ0v) is 24.2. The second kappa shape index (κ2) is 8.98. The Morgan fingerprint density at radius 3 is 0.850 bits per heavy atom. The van der Waals surface area contributed by atoms with Crippen molar-refractivity contribution in [2.24, 2.45) is 0 Å². The maximum Gasteiger partial charge on any atom is 0.130 e. The quantitative estimate of drug-likeness (QED) is 0.206. The molecule has 0 radical (unpaired) electrons. The first-order chi connectivity index (χ1) is 18.5. The van der Waals surface area contributed by atoms with Crippen molar-refractivity contribution in [3.05, 3.63) is 129 Å². The normalized spacial score (nSPS) is 18.3. The molecule has 8 bridgehead atoms. The molecule has 208 valence electrons. The van der Waals surface area contributed by atoms with Gasteiger partial charge in [0.2, 0.25) is 0 Å². The van der Waals surface area contributed by atoms with Crippen molar-refractivity contribution in [1.82, 2.24) is 9.97 Å². The van der Waals surface area contributed by atoms with Crippen LogP contribution in [-0.2, 0) is 21.7 Å². The van der Waals surface area contributed by atoms with Gasteiger partial charge in [-0.05, 0) is 58.7 Å². The summed E-state index contributed by atoms with van der Waals surface area (Å²) in [6.45, 7) is 14.7. The van der Waals surface area contributed by atoms with Crippen LogP contribution in [-0.4, -0.2) is 9.97 Å². The minimum absolute atomic E-state index is 0.290. The number of nitrogens with zero attached hydrogens (tertiary/aromatic N) is 2. The van der Waals surface area contributed by atoms with Crippen molar-refractivity contribution in [1.29, 1.82) is 0 Å². The van der Waals surface area contributed by atoms with Gasteiger partial charge in [-0.25, -0.2) is 17.6 Å². The molecule has 0 saturated heterocycles. The van der Waals surface area contributed by atoms with E-state index in [2.05, 4.69) is 0 Å². The number of pyridine rings is 2. The first kappa shape index (κ1) is 28.0. The largest absolute Gasteiger partial charge is 0.256 e. The highest BCUT2D eigenvalue weighted by atomic mass is 19.1. The SMILES string of the molecule is CC1(C)c2cccc(n2)C(C)(C)c2cc(c(F)cc2F)C(C)(C)c2cccc(n2)C(C)(C)c2cc1c(F)cc2F. The summed E-state index contributed by atoms with van der Waals surface area (Å²) in [6.07, 6.45) is 0. The van der Waals surface area contributed by atoms with E-state index in [0.29, 0.717) is 45.0 Å². The monoisotopic (exact) mass is 546 g/mol. The van der Waals surface area contributed by atoms with E-state index < -0.39 is 44.9 Å². The molecule has 1 aliphatic heterocycles. The Hall–Kier alpha value is -3.54. The molecule has 0 atom stereocenters. The number of benzene rings is 2. The van der Waals surface area contributed by atoms with Crippen molar-refractivity contribution in [3.8, 4) is 0 Å². The number of aromatic nitrogens is 2. The minimum Gasteiger partial charge on any atom is -0.256 e. The molecule has 6 heteroatoms. The zero-order chi connectivity index (χ0) is 29.4. The molecule has 4 aromatic rings. The Morgan fingerprint density at radius 2 is 0.625 bits per heavy atom. The van der Waals surface area contributed by atoms with E-state index in [1.165, 1.54) is 0 Å². The highest BCUT2D eigenvalue weighted by molar-refractivity contribution is 5.47. The van der Waals surface area contributed by atoms with Crippen molar-refractivity contribution >= 4 is 0 Å². The molecule has 2 aromatic heterocycles. The van der Waals surface area contributed by atoms with Crippen LogP contribution in [0.25, 0.3) is 0 Å². The maximum atomic E-state index is 15.5. The molecule has 5 rings (SSSR count). The van der Waals surface area contributed by atoms with Crippen LogP contribution in [0.3, 0.4) is 0 Å². The summed E-state index contributed by atoms with van der Waals surface area (Å²) in [7, 11) is 0. The van der Waals surface area contributed by atoms with E-state index >= 15 is 17.6 Å². The van der Waals surface area contributed by atoms with Gasteiger partial charge in [0.25, 0.3) is 0 Å². The average Bonchev–Trinajstić information content (AvgIpc) is 2.87. The number of hydrogen-bond donors (Lipinski definition) is 0. The van der Waals surface area contributed by atoms with Gasteiger partial charge in [0.1, 0.15) is 23.3 Å². The van der Waals surface area contributed by atoms with Gasteiger partial charge < -0.3 is 0 Å². The van der Waals surface area contributed by atoms with Crippen molar-refractivity contribution in [2.45, 2.75) is 77.0 Å². The summed E-state index contributed by atoms with van der Waals surface area (Å²) in [5, 5.41) is 0. The Balaban J connectivity index is 1.92. The predicted octanol–water partition coefficient (Wildman–Crippen LogP) is 8.65. The van der Waals surface area contributed by atoms with E-state index in [1.807, 2.05) is 55.4 Å². The molecular formula is C34H34F4N2. The van der Waals surface area contributed by atoms with Gasteiger partial charge in [0.05, 0.1) is 22.8 Å². The van der Waals surface area contributed by atoms with E-state index in [0.717, 1.165) is 12.1 Å². The lowest BCUT2D eigenvalue weighted by molar-refractivity contribution is 0.480. The third-order valence-electron chi connectivity index (χ3n) is 8.87. The molecule has 0 unspecified atom stereocenters. The summed E-state index contributed by atoms with van der Waals surface area (Å²) < 4.78 is 62.0. The van der Waals surface area contributed by atoms with Crippen LogP contribution in [0.4, 0.5) is 17.6 Å². The van der Waals surface area contributed by atoms with Gasteiger partial charge in [-0.2, -0.15) is 0 Å². The Morgan fingerprint density at radius 1 is 0.400 bits per heavy atom. The van der Waals surface area contributed by atoms with Crippen LogP contribution >= 0.6 is 0 Å². The Bertz CT molecular complexity index is 1420. The number of fused-ring (bicyclic) bond motifs is 8. The van der Waals surface area contributed by atoms with Gasteiger partial charge in [-0.3, -0.25) is 9.97 Å². The van der Waals surface area contributed by atoms with E-state index in [1.54, 1.807) is 48.5 Å². The van der Waals surface area contributed by atoms with Crippen molar-refractivity contribution in [3.63, 3.8) is 0 Å². The van der Waals surface area contributed by atoms with Crippen LogP contribution in [0.5, 0.6) is 0 Å². The molecule has 0 aliphatic carbocycles. The fourth-order valence-corrected chi connectivity index (χ4v) is 5.83. The van der Waals surface area contributed by atoms with Crippen LogP contribution < -0.4 is 0 Å². The van der Waals surface area contributed by atoms with Gasteiger partial charge in [0.15, 0.2) is 0 Å². The molecule has 0 spiro atoms. The molecule has 0 N–H and O–H groups in total. The number of hydrogen-bond acceptors (Lipinski definition) is 2. The summed E-state index contributed by atoms with van der Waals surface area (Å²) in [5.74, 6) is -2.70. The summed E-state index contributed by atoms with van der Waals surface area (Å²) in [6, 6.07) is 15.7. The summed E-state index contributed by atoms with van der Waals surface area (Å²) >= 11 is 0. The average molecular weight is 547 g/mol. The van der Waals surface area contributed by atoms with Gasteiger partial charge >= 0.3 is 0 Å². The fourth-order valence-electron chi connectivity index (χ4n) is 5.83. The molecule has 2 nitrogen and oxygen atoms in total. The minimum atomic E-state index is -0.963. The molecule has 0 amide bonds. The van der Waals surface area contributed by atoms with Crippen LogP contribution in [0.1, 0.15) is 100 Å². The lowest BCUT2D eigenvalue weighted by atomic mass is 9.73. The smallest absolute Gasteiger partial charge is 0.130 e. The van der Waals surface area contributed by atoms with Gasteiger partial charge in [-0.15, -0.1) is 0 Å². The third-order valence-corrected chi connectivity index (χ3v) is 8.87. The second-order valence-corrected chi connectivity index (χ2v) is 12.9. The van der Waals surface area contributed by atoms with Crippen molar-refractivity contribution < 1.29 is 17.6 Å². The molecule has 2 aromatic carbocycles.